The molecule has 80 valence electrons. The highest BCUT2D eigenvalue weighted by atomic mass is 28.3. The minimum absolute atomic E-state index is 0.980. The van der Waals surface area contributed by atoms with Crippen LogP contribution in [0.25, 0.3) is 0 Å². The molecule has 0 aromatic rings. The number of halogens is 6. The fourth-order valence-corrected chi connectivity index (χ4v) is 2.43. The number of hydrogen-bond donors (Lipinski definition) is 0. The first-order chi connectivity index (χ1) is 5.37. The van der Waals surface area contributed by atoms with Crippen LogP contribution in [0.3, 0.4) is 0 Å². The molecule has 0 aliphatic carbocycles. The minimum Gasteiger partial charge on any atom is -0.156 e. The van der Waals surface area contributed by atoms with E-state index in [4.69, 9.17) is 0 Å². The Hall–Kier alpha value is -0.243. The maximum absolute atomic E-state index is 12.0. The van der Waals surface area contributed by atoms with Gasteiger partial charge in [-0.05, 0) is 0 Å². The maximum atomic E-state index is 12.0. The molecule has 0 heterocycles. The molecule has 0 fully saturated rings. The van der Waals surface area contributed by atoms with Crippen LogP contribution in [0.5, 0.6) is 0 Å². The molecule has 0 aliphatic rings. The molecule has 13 heavy (non-hydrogen) atoms. The zero-order valence-electron chi connectivity index (χ0n) is 7.22. The Bertz CT molecular complexity index is 144. The van der Waals surface area contributed by atoms with Crippen LogP contribution in [-0.2, 0) is 0 Å². The van der Waals surface area contributed by atoms with E-state index in [0.29, 0.717) is 0 Å². The molecule has 0 rings (SSSR count). The van der Waals surface area contributed by atoms with Crippen LogP contribution in [0.1, 0.15) is 0 Å². The number of alkyl halides is 6. The molecule has 1 nitrogen and oxygen atoms in total. The molecule has 0 amide bonds. The van der Waals surface area contributed by atoms with Gasteiger partial charge in [-0.25, -0.2) is 0 Å². The van der Waals surface area contributed by atoms with E-state index in [0.717, 1.165) is 19.6 Å². The quantitative estimate of drug-likeness (QED) is 0.376. The fraction of sp³-hybridized carbons (Fsp3) is 1.00. The lowest BCUT2D eigenvalue weighted by Crippen LogP contribution is -2.60. The third-order valence-electron chi connectivity index (χ3n) is 1.18. The van der Waals surface area contributed by atoms with Gasteiger partial charge in [0, 0.05) is 0 Å². The molecule has 0 unspecified atom stereocenters. The molecule has 0 atom stereocenters. The highest BCUT2D eigenvalue weighted by Crippen LogP contribution is 2.37. The first-order valence-corrected chi connectivity index (χ1v) is 6.75. The standard InChI is InChI=1S/C5H9F6NSi/c1-13(2,3)12(4(6,7)8)5(9,10)11/h1-3H3. The third-order valence-corrected chi connectivity index (χ3v) is 3.03. The van der Waals surface area contributed by atoms with Crippen LogP contribution in [0.2, 0.25) is 19.6 Å². The average Bonchev–Trinajstić information content (AvgIpc) is 1.44. The van der Waals surface area contributed by atoms with Crippen molar-refractivity contribution in [2.24, 2.45) is 0 Å². The van der Waals surface area contributed by atoms with Crippen molar-refractivity contribution in [1.29, 1.82) is 0 Å². The van der Waals surface area contributed by atoms with Crippen molar-refractivity contribution in [2.45, 2.75) is 32.2 Å². The lowest BCUT2D eigenvalue weighted by Gasteiger charge is -2.36. The zero-order valence-corrected chi connectivity index (χ0v) is 8.22. The van der Waals surface area contributed by atoms with E-state index in [1.165, 1.54) is 0 Å². The van der Waals surface area contributed by atoms with Gasteiger partial charge in [0.15, 0.2) is 0 Å². The highest BCUT2D eigenvalue weighted by Gasteiger charge is 2.59. The van der Waals surface area contributed by atoms with Gasteiger partial charge in [-0.1, -0.05) is 19.6 Å². The second-order valence-electron chi connectivity index (χ2n) is 3.44. The highest BCUT2D eigenvalue weighted by molar-refractivity contribution is 6.73. The Morgan fingerprint density at radius 1 is 0.769 bits per heavy atom. The summed E-state index contributed by atoms with van der Waals surface area (Å²) in [6, 6.07) is 0. The molecule has 0 spiro atoms. The normalized spacial score (nSPS) is 15.2. The Morgan fingerprint density at radius 3 is 1.00 bits per heavy atom. The van der Waals surface area contributed by atoms with Gasteiger partial charge in [-0.2, -0.15) is 26.3 Å². The Kier molecular flexibility index (Phi) is 3.10. The van der Waals surface area contributed by atoms with Gasteiger partial charge in [0.05, 0.1) is 0 Å². The van der Waals surface area contributed by atoms with Crippen molar-refractivity contribution in [3.05, 3.63) is 0 Å². The Morgan fingerprint density at radius 2 is 1.00 bits per heavy atom. The van der Waals surface area contributed by atoms with Crippen molar-refractivity contribution in [3.63, 3.8) is 0 Å². The van der Waals surface area contributed by atoms with E-state index in [9.17, 15) is 26.3 Å². The molecule has 0 aromatic carbocycles. The number of hydrogen-bond acceptors (Lipinski definition) is 1. The zero-order chi connectivity index (χ0) is 11.1. The second-order valence-corrected chi connectivity index (χ2v) is 8.23. The summed E-state index contributed by atoms with van der Waals surface area (Å²) in [7, 11) is -3.47. The summed E-state index contributed by atoms with van der Waals surface area (Å²) in [6.45, 7) is 2.94. The first kappa shape index (κ1) is 12.8. The van der Waals surface area contributed by atoms with E-state index in [-0.39, 0.29) is 0 Å². The predicted molar refractivity (Wildman–Crippen MR) is 37.3 cm³/mol. The largest absolute Gasteiger partial charge is 0.460 e. The molecular formula is C5H9F6NSi. The first-order valence-electron chi connectivity index (χ1n) is 3.30. The van der Waals surface area contributed by atoms with Gasteiger partial charge in [0.1, 0.15) is 8.24 Å². The van der Waals surface area contributed by atoms with E-state index in [1.807, 2.05) is 0 Å². The van der Waals surface area contributed by atoms with Gasteiger partial charge in [0.25, 0.3) is 0 Å². The van der Waals surface area contributed by atoms with E-state index >= 15 is 0 Å². The molecule has 0 bridgehead atoms. The van der Waals surface area contributed by atoms with Crippen LogP contribution in [0.4, 0.5) is 26.3 Å². The fourth-order valence-electron chi connectivity index (χ4n) is 0.904. The third kappa shape index (κ3) is 3.55. The molecule has 0 saturated heterocycles. The van der Waals surface area contributed by atoms with Crippen molar-refractivity contribution in [2.75, 3.05) is 0 Å². The summed E-state index contributed by atoms with van der Waals surface area (Å²) in [4.78, 5) is 0. The summed E-state index contributed by atoms with van der Waals surface area (Å²) < 4.78 is 70.4. The van der Waals surface area contributed by atoms with Crippen LogP contribution in [0.15, 0.2) is 0 Å². The van der Waals surface area contributed by atoms with Crippen LogP contribution in [0, 0.1) is 0 Å². The summed E-state index contributed by atoms with van der Waals surface area (Å²) in [5.41, 5.74) is 0. The van der Waals surface area contributed by atoms with Crippen LogP contribution in [-0.4, -0.2) is 25.4 Å². The SMILES string of the molecule is C[Si](C)(C)N(C(F)(F)F)C(F)(F)F. The number of rotatable bonds is 1. The minimum atomic E-state index is -5.34. The monoisotopic (exact) mass is 225 g/mol. The molecule has 0 radical (unpaired) electrons. The van der Waals surface area contributed by atoms with E-state index in [2.05, 4.69) is 0 Å². The predicted octanol–water partition coefficient (Wildman–Crippen LogP) is 3.16. The lowest BCUT2D eigenvalue weighted by atomic mass is 11.0. The number of nitrogens with zero attached hydrogens (tertiary/aromatic N) is 1. The van der Waals surface area contributed by atoms with Gasteiger partial charge >= 0.3 is 12.6 Å². The van der Waals surface area contributed by atoms with Crippen LogP contribution < -0.4 is 0 Å². The van der Waals surface area contributed by atoms with Crippen molar-refractivity contribution in [3.8, 4) is 0 Å². The smallest absolute Gasteiger partial charge is 0.156 e. The van der Waals surface area contributed by atoms with Gasteiger partial charge < -0.3 is 0 Å². The Labute approximate surface area is 72.4 Å². The summed E-state index contributed by atoms with van der Waals surface area (Å²) in [5.74, 6) is 0. The summed E-state index contributed by atoms with van der Waals surface area (Å²) in [5, 5.41) is 0. The summed E-state index contributed by atoms with van der Waals surface area (Å²) >= 11 is 0. The van der Waals surface area contributed by atoms with Gasteiger partial charge in [-0.3, -0.25) is 0 Å². The average molecular weight is 225 g/mol. The topological polar surface area (TPSA) is 3.24 Å². The maximum Gasteiger partial charge on any atom is 0.460 e. The molecular weight excluding hydrogens is 216 g/mol. The van der Waals surface area contributed by atoms with Crippen molar-refractivity contribution < 1.29 is 26.3 Å². The lowest BCUT2D eigenvalue weighted by molar-refractivity contribution is -0.340. The van der Waals surface area contributed by atoms with Gasteiger partial charge in [-0.15, -0.1) is 4.57 Å². The molecule has 0 aromatic heterocycles. The molecule has 8 heteroatoms. The van der Waals surface area contributed by atoms with E-state index < -0.39 is 25.4 Å². The molecule has 0 N–H and O–H groups in total. The van der Waals surface area contributed by atoms with Crippen molar-refractivity contribution in [1.82, 2.24) is 4.57 Å². The molecule has 0 aliphatic heterocycles. The summed E-state index contributed by atoms with van der Waals surface area (Å²) in [6.07, 6.45) is -10.7. The van der Waals surface area contributed by atoms with Crippen molar-refractivity contribution >= 4 is 8.24 Å². The second kappa shape index (κ2) is 3.16. The Balaban J connectivity index is 5.02. The van der Waals surface area contributed by atoms with Gasteiger partial charge in [0.2, 0.25) is 0 Å². The van der Waals surface area contributed by atoms with E-state index in [1.54, 1.807) is 0 Å². The molecule has 0 saturated carbocycles. The van der Waals surface area contributed by atoms with Crippen LogP contribution >= 0.6 is 0 Å².